The van der Waals surface area contributed by atoms with Crippen LogP contribution in [0.2, 0.25) is 0 Å². The van der Waals surface area contributed by atoms with Gasteiger partial charge in [-0.2, -0.15) is 0 Å². The minimum Gasteiger partial charge on any atom is -0.394 e. The van der Waals surface area contributed by atoms with Crippen molar-refractivity contribution in [2.75, 3.05) is 13.7 Å². The lowest BCUT2D eigenvalue weighted by Gasteiger charge is -2.38. The fourth-order valence-corrected chi connectivity index (χ4v) is 9.63. The third-order valence-electron chi connectivity index (χ3n) is 7.33. The highest BCUT2D eigenvalue weighted by Gasteiger charge is 2.76. The summed E-state index contributed by atoms with van der Waals surface area (Å²) in [7, 11) is 1.59. The van der Waals surface area contributed by atoms with Crippen molar-refractivity contribution in [1.29, 1.82) is 0 Å². The van der Waals surface area contributed by atoms with Crippen LogP contribution in [-0.2, 0) is 14.4 Å². The topological polar surface area (TPSA) is 98.7 Å². The number of halogens is 1. The summed E-state index contributed by atoms with van der Waals surface area (Å²) >= 11 is 5.35. The molecule has 0 aliphatic carbocycles. The summed E-state index contributed by atoms with van der Waals surface area (Å²) in [6.45, 7) is 3.74. The predicted molar refractivity (Wildman–Crippen MR) is 132 cm³/mol. The summed E-state index contributed by atoms with van der Waals surface area (Å²) in [5.41, 5.74) is 0.774. The van der Waals surface area contributed by atoms with E-state index in [0.29, 0.717) is 6.42 Å². The molecule has 3 heterocycles. The number of nitrogens with one attached hydrogen (secondary N) is 2. The van der Waals surface area contributed by atoms with Gasteiger partial charge in [-0.1, -0.05) is 59.6 Å². The van der Waals surface area contributed by atoms with Crippen LogP contribution < -0.4 is 10.6 Å². The average Bonchev–Trinajstić information content (AvgIpc) is 3.38. The van der Waals surface area contributed by atoms with Crippen LogP contribution in [0.3, 0.4) is 0 Å². The van der Waals surface area contributed by atoms with Gasteiger partial charge in [0.15, 0.2) is 0 Å². The van der Waals surface area contributed by atoms with Crippen molar-refractivity contribution in [3.63, 3.8) is 0 Å². The number of amides is 3. The number of rotatable bonds is 8. The molecule has 3 saturated heterocycles. The van der Waals surface area contributed by atoms with Crippen molar-refractivity contribution in [3.05, 3.63) is 35.9 Å². The minimum atomic E-state index is -0.767. The number of nitrogens with zero attached hydrogens (tertiary/aromatic N) is 1. The smallest absolute Gasteiger partial charge is 0.244 e. The number of thioether (sulfide) groups is 1. The van der Waals surface area contributed by atoms with E-state index in [1.807, 2.05) is 37.3 Å². The van der Waals surface area contributed by atoms with Gasteiger partial charge in [-0.25, -0.2) is 0 Å². The normalized spacial score (nSPS) is 34.2. The molecule has 1 spiro atoms. The molecule has 7 nitrogen and oxygen atoms in total. The van der Waals surface area contributed by atoms with Gasteiger partial charge >= 0.3 is 0 Å². The maximum absolute atomic E-state index is 14.0. The number of alkyl halides is 1. The standard InChI is InChI=1S/C24H32BrN3O4S/c1-4-8-13(2)27-22(31)20-24-11-15(25)19(33-24)17(21(30)26-3)18(24)23(32)28(20)16(12-29)14-9-6-5-7-10-14/h5-7,9-10,13,15-20,29H,4,8,11-12H2,1-3H3,(H,26,30)(H,27,31)/t13?,15?,16-,17-,18+,19-,20?,24?/m1/s1. The molecule has 1 aromatic carbocycles. The SMILES string of the molecule is CCCC(C)NC(=O)C1N([C@H](CO)c2ccccc2)C(=O)[C@@H]2[C@@H](C(=O)NC)[C@@H]3SC12CC3Br. The van der Waals surface area contributed by atoms with Gasteiger partial charge in [-0.3, -0.25) is 14.4 Å². The van der Waals surface area contributed by atoms with E-state index in [0.717, 1.165) is 18.4 Å². The summed E-state index contributed by atoms with van der Waals surface area (Å²) in [4.78, 5) is 42.4. The highest BCUT2D eigenvalue weighted by Crippen LogP contribution is 2.68. The van der Waals surface area contributed by atoms with Crippen LogP contribution in [0.15, 0.2) is 30.3 Å². The van der Waals surface area contributed by atoms with Gasteiger partial charge < -0.3 is 20.6 Å². The molecule has 0 saturated carbocycles. The van der Waals surface area contributed by atoms with E-state index in [2.05, 4.69) is 33.5 Å². The molecule has 8 atom stereocenters. The van der Waals surface area contributed by atoms with Gasteiger partial charge in [0, 0.05) is 23.2 Å². The Hall–Kier alpha value is -1.58. The number of hydrogen-bond acceptors (Lipinski definition) is 5. The largest absolute Gasteiger partial charge is 0.394 e. The summed E-state index contributed by atoms with van der Waals surface area (Å²) in [6.07, 6.45) is 2.39. The fraction of sp³-hybridized carbons (Fsp3) is 0.625. The third kappa shape index (κ3) is 3.90. The Morgan fingerprint density at radius 3 is 2.61 bits per heavy atom. The minimum absolute atomic E-state index is 0.0291. The summed E-state index contributed by atoms with van der Waals surface area (Å²) < 4.78 is -0.717. The highest BCUT2D eigenvalue weighted by atomic mass is 79.9. The van der Waals surface area contributed by atoms with Gasteiger partial charge in [0.2, 0.25) is 17.7 Å². The Morgan fingerprint density at radius 2 is 2.00 bits per heavy atom. The maximum atomic E-state index is 14.0. The molecule has 3 aliphatic heterocycles. The van der Waals surface area contributed by atoms with Gasteiger partial charge in [0.25, 0.3) is 0 Å². The number of carbonyl (C=O) groups is 3. The molecule has 2 bridgehead atoms. The second-order valence-electron chi connectivity index (χ2n) is 9.33. The third-order valence-corrected chi connectivity index (χ3v) is 10.5. The summed E-state index contributed by atoms with van der Waals surface area (Å²) in [6, 6.07) is 7.87. The van der Waals surface area contributed by atoms with Crippen LogP contribution in [0, 0.1) is 11.8 Å². The first kappa shape index (κ1) is 24.5. The number of likely N-dealkylation sites (tertiary alicyclic amines) is 1. The molecule has 1 aromatic rings. The summed E-state index contributed by atoms with van der Waals surface area (Å²) in [5.74, 6) is -1.71. The van der Waals surface area contributed by atoms with Crippen LogP contribution in [0.5, 0.6) is 0 Å². The van der Waals surface area contributed by atoms with Crippen LogP contribution in [0.1, 0.15) is 44.7 Å². The molecule has 3 N–H and O–H groups in total. The van der Waals surface area contributed by atoms with E-state index in [-0.39, 0.29) is 40.4 Å². The summed E-state index contributed by atoms with van der Waals surface area (Å²) in [5, 5.41) is 16.2. The number of aliphatic hydroxyl groups excluding tert-OH is 1. The molecule has 3 fully saturated rings. The van der Waals surface area contributed by atoms with E-state index < -0.39 is 28.7 Å². The Morgan fingerprint density at radius 1 is 1.30 bits per heavy atom. The van der Waals surface area contributed by atoms with Crippen molar-refractivity contribution in [2.45, 2.75) is 66.1 Å². The van der Waals surface area contributed by atoms with Crippen molar-refractivity contribution in [2.24, 2.45) is 11.8 Å². The monoisotopic (exact) mass is 537 g/mol. The second kappa shape index (κ2) is 9.58. The average molecular weight is 539 g/mol. The van der Waals surface area contributed by atoms with E-state index in [4.69, 9.17) is 0 Å². The molecule has 3 amide bonds. The van der Waals surface area contributed by atoms with Crippen molar-refractivity contribution in [3.8, 4) is 0 Å². The van der Waals surface area contributed by atoms with E-state index in [9.17, 15) is 19.5 Å². The number of aliphatic hydroxyl groups is 1. The predicted octanol–water partition coefficient (Wildman–Crippen LogP) is 2.24. The maximum Gasteiger partial charge on any atom is 0.244 e. The molecule has 0 radical (unpaired) electrons. The molecule has 9 heteroatoms. The zero-order chi connectivity index (χ0) is 23.9. The first-order valence-electron chi connectivity index (χ1n) is 11.6. The van der Waals surface area contributed by atoms with Gasteiger partial charge in [0.05, 0.1) is 29.2 Å². The number of fused-ring (bicyclic) bond motifs is 1. The fourth-order valence-electron chi connectivity index (χ4n) is 6.03. The van der Waals surface area contributed by atoms with Gasteiger partial charge in [0.1, 0.15) is 6.04 Å². The lowest BCUT2D eigenvalue weighted by atomic mass is 9.70. The van der Waals surface area contributed by atoms with Crippen molar-refractivity contribution in [1.82, 2.24) is 15.5 Å². The first-order chi connectivity index (χ1) is 15.8. The Balaban J connectivity index is 1.80. The molecule has 180 valence electrons. The van der Waals surface area contributed by atoms with E-state index in [1.165, 1.54) is 0 Å². The van der Waals surface area contributed by atoms with E-state index >= 15 is 0 Å². The molecule has 4 rings (SSSR count). The first-order valence-corrected chi connectivity index (χ1v) is 13.4. The zero-order valence-electron chi connectivity index (χ0n) is 19.2. The Bertz CT molecular complexity index is 918. The van der Waals surface area contributed by atoms with Crippen LogP contribution >= 0.6 is 27.7 Å². The number of benzene rings is 1. The second-order valence-corrected chi connectivity index (χ2v) is 12.0. The van der Waals surface area contributed by atoms with Crippen LogP contribution in [-0.4, -0.2) is 68.3 Å². The van der Waals surface area contributed by atoms with Crippen molar-refractivity contribution >= 4 is 45.4 Å². The van der Waals surface area contributed by atoms with Gasteiger partial charge in [-0.15, -0.1) is 11.8 Å². The number of carbonyl (C=O) groups excluding carboxylic acids is 3. The molecule has 4 unspecified atom stereocenters. The molecular weight excluding hydrogens is 506 g/mol. The molecule has 3 aliphatic rings. The quantitative estimate of drug-likeness (QED) is 0.441. The van der Waals surface area contributed by atoms with Crippen LogP contribution in [0.25, 0.3) is 0 Å². The number of hydrogen-bond donors (Lipinski definition) is 3. The molecular formula is C24H32BrN3O4S. The Labute approximate surface area is 207 Å². The molecule has 33 heavy (non-hydrogen) atoms. The lowest BCUT2D eigenvalue weighted by Crippen LogP contribution is -2.56. The zero-order valence-corrected chi connectivity index (χ0v) is 21.6. The van der Waals surface area contributed by atoms with Crippen molar-refractivity contribution < 1.29 is 19.5 Å². The van der Waals surface area contributed by atoms with E-state index in [1.54, 1.807) is 23.7 Å². The Kier molecular flexibility index (Phi) is 7.13. The van der Waals surface area contributed by atoms with Crippen LogP contribution in [0.4, 0.5) is 0 Å². The lowest BCUT2D eigenvalue weighted by molar-refractivity contribution is -0.143. The highest BCUT2D eigenvalue weighted by molar-refractivity contribution is 9.09. The molecule has 0 aromatic heterocycles. The van der Waals surface area contributed by atoms with Gasteiger partial charge in [-0.05, 0) is 25.3 Å².